The highest BCUT2D eigenvalue weighted by molar-refractivity contribution is 6.08. The van der Waals surface area contributed by atoms with Crippen molar-refractivity contribution >= 4 is 39.4 Å². The minimum atomic E-state index is -0.477. The predicted octanol–water partition coefficient (Wildman–Crippen LogP) is 4.62. The third kappa shape index (κ3) is 3.91. The SMILES string of the molecule is O=C(COC(=O)Cc1coc2ccc3ccccc3c12)Nc1ccnn1C1CCCC1. The number of ether oxygens (including phenoxy) is 1. The normalized spacial score (nSPS) is 14.3. The molecule has 0 radical (unpaired) electrons. The van der Waals surface area contributed by atoms with Crippen LogP contribution in [0.2, 0.25) is 0 Å². The largest absolute Gasteiger partial charge is 0.464 e. The van der Waals surface area contributed by atoms with Crippen molar-refractivity contribution in [1.82, 2.24) is 9.78 Å². The summed E-state index contributed by atoms with van der Waals surface area (Å²) in [5.41, 5.74) is 1.47. The molecule has 2 heterocycles. The fourth-order valence-electron chi connectivity index (χ4n) is 4.39. The number of aromatic nitrogens is 2. The van der Waals surface area contributed by atoms with Gasteiger partial charge in [0.1, 0.15) is 11.4 Å². The van der Waals surface area contributed by atoms with E-state index in [1.165, 1.54) is 12.8 Å². The highest BCUT2D eigenvalue weighted by Crippen LogP contribution is 2.31. The van der Waals surface area contributed by atoms with E-state index in [0.29, 0.717) is 11.9 Å². The van der Waals surface area contributed by atoms with Crippen LogP contribution in [0.15, 0.2) is 59.3 Å². The van der Waals surface area contributed by atoms with E-state index in [1.54, 1.807) is 18.5 Å². The van der Waals surface area contributed by atoms with Crippen LogP contribution in [0.1, 0.15) is 37.3 Å². The first kappa shape index (κ1) is 19.4. The third-order valence-corrected chi connectivity index (χ3v) is 5.85. The summed E-state index contributed by atoms with van der Waals surface area (Å²) in [6.45, 7) is -0.342. The maximum atomic E-state index is 12.4. The molecule has 1 aliphatic carbocycles. The maximum absolute atomic E-state index is 12.4. The summed E-state index contributed by atoms with van der Waals surface area (Å²) in [5, 5.41) is 10.1. The van der Waals surface area contributed by atoms with E-state index in [0.717, 1.165) is 40.1 Å². The molecular weight excluding hydrogens is 394 g/mol. The monoisotopic (exact) mass is 417 g/mol. The Morgan fingerprint density at radius 2 is 1.97 bits per heavy atom. The Bertz CT molecular complexity index is 1250. The second-order valence-electron chi connectivity index (χ2n) is 7.91. The van der Waals surface area contributed by atoms with E-state index in [4.69, 9.17) is 9.15 Å². The number of carbonyl (C=O) groups excluding carboxylic acids is 2. The van der Waals surface area contributed by atoms with Gasteiger partial charge in [0.15, 0.2) is 6.61 Å². The van der Waals surface area contributed by atoms with Gasteiger partial charge in [-0.1, -0.05) is 43.2 Å². The van der Waals surface area contributed by atoms with Crippen molar-refractivity contribution in [3.63, 3.8) is 0 Å². The van der Waals surface area contributed by atoms with Gasteiger partial charge in [-0.25, -0.2) is 4.68 Å². The molecule has 0 unspecified atom stereocenters. The summed E-state index contributed by atoms with van der Waals surface area (Å²) in [6.07, 6.45) is 7.77. The van der Waals surface area contributed by atoms with Crippen molar-refractivity contribution in [2.24, 2.45) is 0 Å². The molecular formula is C24H23N3O4. The first-order valence-corrected chi connectivity index (χ1v) is 10.6. The second-order valence-corrected chi connectivity index (χ2v) is 7.91. The van der Waals surface area contributed by atoms with Crippen molar-refractivity contribution < 1.29 is 18.7 Å². The van der Waals surface area contributed by atoms with Crippen LogP contribution in [0.4, 0.5) is 5.82 Å². The molecule has 1 aliphatic rings. The predicted molar refractivity (Wildman–Crippen MR) is 117 cm³/mol. The minimum absolute atomic E-state index is 0.0360. The van der Waals surface area contributed by atoms with Gasteiger partial charge in [-0.15, -0.1) is 0 Å². The standard InChI is InChI=1S/C24H23N3O4/c28-22(26-21-11-12-25-27(21)18-6-2-3-7-18)15-31-23(29)13-17-14-30-20-10-9-16-5-1-4-8-19(16)24(17)20/h1,4-5,8-12,14,18H,2-3,6-7,13,15H2,(H,26,28). The molecule has 31 heavy (non-hydrogen) atoms. The number of anilines is 1. The van der Waals surface area contributed by atoms with Crippen LogP contribution in [0.25, 0.3) is 21.7 Å². The van der Waals surface area contributed by atoms with Crippen molar-refractivity contribution in [2.45, 2.75) is 38.1 Å². The Morgan fingerprint density at radius 3 is 2.84 bits per heavy atom. The number of furan rings is 1. The van der Waals surface area contributed by atoms with Crippen LogP contribution in [-0.4, -0.2) is 28.3 Å². The molecule has 0 bridgehead atoms. The highest BCUT2D eigenvalue weighted by atomic mass is 16.5. The van der Waals surface area contributed by atoms with Gasteiger partial charge in [-0.2, -0.15) is 5.10 Å². The van der Waals surface area contributed by atoms with Crippen molar-refractivity contribution in [3.05, 3.63) is 60.5 Å². The number of nitrogens with one attached hydrogen (secondary N) is 1. The number of amides is 1. The molecule has 0 spiro atoms. The second kappa shape index (κ2) is 8.26. The lowest BCUT2D eigenvalue weighted by Crippen LogP contribution is -2.23. The van der Waals surface area contributed by atoms with Gasteiger partial charge in [0.25, 0.3) is 5.91 Å². The van der Waals surface area contributed by atoms with E-state index < -0.39 is 5.97 Å². The molecule has 0 aliphatic heterocycles. The zero-order chi connectivity index (χ0) is 21.2. The van der Waals surface area contributed by atoms with E-state index >= 15 is 0 Å². The summed E-state index contributed by atoms with van der Waals surface area (Å²) < 4.78 is 12.7. The Kier molecular flexibility index (Phi) is 5.16. The number of fused-ring (bicyclic) bond motifs is 3. The number of esters is 1. The zero-order valence-corrected chi connectivity index (χ0v) is 17.0. The number of hydrogen-bond acceptors (Lipinski definition) is 5. The third-order valence-electron chi connectivity index (χ3n) is 5.85. The average Bonchev–Trinajstić information content (AvgIpc) is 3.53. The molecule has 5 rings (SSSR count). The smallest absolute Gasteiger partial charge is 0.310 e. The molecule has 1 fully saturated rings. The van der Waals surface area contributed by atoms with Crippen LogP contribution in [-0.2, 0) is 20.7 Å². The zero-order valence-electron chi connectivity index (χ0n) is 17.0. The summed E-state index contributed by atoms with van der Waals surface area (Å²) in [4.78, 5) is 24.7. The summed E-state index contributed by atoms with van der Waals surface area (Å²) in [7, 11) is 0. The molecule has 4 aromatic rings. The number of carbonyl (C=O) groups is 2. The molecule has 1 saturated carbocycles. The van der Waals surface area contributed by atoms with Crippen LogP contribution in [0.3, 0.4) is 0 Å². The van der Waals surface area contributed by atoms with Gasteiger partial charge >= 0.3 is 5.97 Å². The number of hydrogen-bond donors (Lipinski definition) is 1. The lowest BCUT2D eigenvalue weighted by molar-refractivity contribution is -0.146. The van der Waals surface area contributed by atoms with Crippen LogP contribution in [0.5, 0.6) is 0 Å². The van der Waals surface area contributed by atoms with Gasteiger partial charge in [0.2, 0.25) is 0 Å². The van der Waals surface area contributed by atoms with E-state index in [1.807, 2.05) is 41.1 Å². The number of nitrogens with zero attached hydrogens (tertiary/aromatic N) is 2. The minimum Gasteiger partial charge on any atom is -0.464 e. The summed E-state index contributed by atoms with van der Waals surface area (Å²) in [5.74, 6) is -0.217. The number of benzene rings is 2. The van der Waals surface area contributed by atoms with Gasteiger partial charge in [-0.3, -0.25) is 9.59 Å². The molecule has 158 valence electrons. The lowest BCUT2D eigenvalue weighted by Gasteiger charge is -2.14. The van der Waals surface area contributed by atoms with Crippen LogP contribution < -0.4 is 5.32 Å². The molecule has 1 N–H and O–H groups in total. The molecule has 2 aromatic carbocycles. The van der Waals surface area contributed by atoms with Gasteiger partial charge in [-0.05, 0) is 29.7 Å². The molecule has 1 amide bonds. The average molecular weight is 417 g/mol. The van der Waals surface area contributed by atoms with Crippen molar-refractivity contribution in [1.29, 1.82) is 0 Å². The molecule has 0 atom stereocenters. The van der Waals surface area contributed by atoms with Gasteiger partial charge in [0.05, 0.1) is 24.9 Å². The van der Waals surface area contributed by atoms with E-state index in [-0.39, 0.29) is 18.9 Å². The molecule has 2 aromatic heterocycles. The summed E-state index contributed by atoms with van der Waals surface area (Å²) in [6, 6.07) is 13.9. The first-order chi connectivity index (χ1) is 15.2. The number of rotatable bonds is 6. The van der Waals surface area contributed by atoms with E-state index in [2.05, 4.69) is 10.4 Å². The Labute approximate surface area is 179 Å². The fourth-order valence-corrected chi connectivity index (χ4v) is 4.39. The summed E-state index contributed by atoms with van der Waals surface area (Å²) >= 11 is 0. The fraction of sp³-hybridized carbons (Fsp3) is 0.292. The quantitative estimate of drug-likeness (QED) is 0.463. The van der Waals surface area contributed by atoms with Crippen LogP contribution in [0, 0.1) is 0 Å². The molecule has 0 saturated heterocycles. The van der Waals surface area contributed by atoms with E-state index in [9.17, 15) is 9.59 Å². The van der Waals surface area contributed by atoms with Crippen molar-refractivity contribution in [2.75, 3.05) is 11.9 Å². The van der Waals surface area contributed by atoms with Gasteiger partial charge in [0, 0.05) is 17.0 Å². The Morgan fingerprint density at radius 1 is 1.13 bits per heavy atom. The Hall–Kier alpha value is -3.61. The Balaban J connectivity index is 1.22. The van der Waals surface area contributed by atoms with Gasteiger partial charge < -0.3 is 14.5 Å². The van der Waals surface area contributed by atoms with Crippen LogP contribution >= 0.6 is 0 Å². The topological polar surface area (TPSA) is 86.4 Å². The lowest BCUT2D eigenvalue weighted by atomic mass is 10.0. The molecule has 7 nitrogen and oxygen atoms in total. The molecule has 7 heteroatoms. The first-order valence-electron chi connectivity index (χ1n) is 10.6. The maximum Gasteiger partial charge on any atom is 0.310 e. The highest BCUT2D eigenvalue weighted by Gasteiger charge is 2.21. The van der Waals surface area contributed by atoms with Crippen molar-refractivity contribution in [3.8, 4) is 0 Å².